The van der Waals surface area contributed by atoms with E-state index in [1.807, 2.05) is 42.5 Å². The highest BCUT2D eigenvalue weighted by molar-refractivity contribution is 8.15. The predicted molar refractivity (Wildman–Crippen MR) is 118 cm³/mol. The average Bonchev–Trinajstić information content (AvgIpc) is 3.42. The molecule has 0 saturated carbocycles. The highest BCUT2D eigenvalue weighted by atomic mass is 32.2. The van der Waals surface area contributed by atoms with Crippen molar-refractivity contribution in [2.24, 2.45) is 5.10 Å². The molecule has 1 N–H and O–H groups in total. The van der Waals surface area contributed by atoms with Gasteiger partial charge >= 0.3 is 0 Å². The first kappa shape index (κ1) is 20.1. The van der Waals surface area contributed by atoms with Crippen molar-refractivity contribution in [2.75, 3.05) is 19.2 Å². The molecule has 1 saturated heterocycles. The molecule has 0 aliphatic carbocycles. The normalized spacial score (nSPS) is 16.1. The number of nitrogens with one attached hydrogen (secondary N) is 1. The van der Waals surface area contributed by atoms with Gasteiger partial charge in [0.05, 0.1) is 12.3 Å². The molecular formula is C22H18N4O5S. The molecule has 2 amide bonds. The van der Waals surface area contributed by atoms with Crippen molar-refractivity contribution in [1.82, 2.24) is 15.3 Å². The quantitative estimate of drug-likeness (QED) is 0.576. The standard InChI is InChI=1S/C22H18N4O5S/c27-19(11-29-17-5-1-3-15-4-2-8-23-21(15)17)24-25-22-26(20(28)12-32-22)10-14-6-7-16-18(9-14)31-13-30-16/h1-9H,10-13H2,(H,24,27). The second-order valence-corrected chi connectivity index (χ2v) is 7.95. The summed E-state index contributed by atoms with van der Waals surface area (Å²) in [5.41, 5.74) is 4.02. The van der Waals surface area contributed by atoms with Crippen LogP contribution in [0, 0.1) is 0 Å². The van der Waals surface area contributed by atoms with Gasteiger partial charge in [-0.1, -0.05) is 36.0 Å². The Morgan fingerprint density at radius 2 is 2.06 bits per heavy atom. The Hall–Kier alpha value is -3.79. The Morgan fingerprint density at radius 1 is 1.19 bits per heavy atom. The summed E-state index contributed by atoms with van der Waals surface area (Å²) in [6.45, 7) is 0.273. The fourth-order valence-corrected chi connectivity index (χ4v) is 4.18. The van der Waals surface area contributed by atoms with Crippen LogP contribution in [0.25, 0.3) is 10.9 Å². The highest BCUT2D eigenvalue weighted by Gasteiger charge is 2.29. The fourth-order valence-electron chi connectivity index (χ4n) is 3.34. The minimum absolute atomic E-state index is 0.0845. The third kappa shape index (κ3) is 4.17. The Balaban J connectivity index is 1.22. The number of carbonyl (C=O) groups excluding carboxylic acids is 2. The number of aromatic nitrogens is 1. The van der Waals surface area contributed by atoms with Crippen LogP contribution in [0.5, 0.6) is 17.2 Å². The number of fused-ring (bicyclic) bond motifs is 2. The minimum atomic E-state index is -0.437. The van der Waals surface area contributed by atoms with Gasteiger partial charge in [0.15, 0.2) is 23.3 Å². The molecule has 5 rings (SSSR count). The lowest BCUT2D eigenvalue weighted by Crippen LogP contribution is -2.32. The van der Waals surface area contributed by atoms with Crippen molar-refractivity contribution < 1.29 is 23.8 Å². The smallest absolute Gasteiger partial charge is 0.278 e. The minimum Gasteiger partial charge on any atom is -0.481 e. The molecule has 0 unspecified atom stereocenters. The number of pyridine rings is 1. The zero-order valence-electron chi connectivity index (χ0n) is 16.8. The molecule has 2 aliphatic rings. The fraction of sp³-hybridized carbons (Fsp3) is 0.182. The molecule has 0 atom stereocenters. The first-order chi connectivity index (χ1) is 15.7. The van der Waals surface area contributed by atoms with E-state index >= 15 is 0 Å². The van der Waals surface area contributed by atoms with E-state index in [1.165, 1.54) is 16.7 Å². The van der Waals surface area contributed by atoms with E-state index in [4.69, 9.17) is 14.2 Å². The predicted octanol–water partition coefficient (Wildman–Crippen LogP) is 2.51. The topological polar surface area (TPSA) is 102 Å². The zero-order valence-corrected chi connectivity index (χ0v) is 17.6. The molecule has 9 nitrogen and oxygen atoms in total. The molecule has 1 fully saturated rings. The maximum atomic E-state index is 12.3. The van der Waals surface area contributed by atoms with Crippen LogP contribution in [-0.4, -0.2) is 46.0 Å². The first-order valence-electron chi connectivity index (χ1n) is 9.82. The SMILES string of the molecule is O=C(COc1cccc2cccnc12)NN=C1SCC(=O)N1Cc1ccc2c(c1)OCO2. The monoisotopic (exact) mass is 450 g/mol. The summed E-state index contributed by atoms with van der Waals surface area (Å²) in [6.07, 6.45) is 1.67. The lowest BCUT2D eigenvalue weighted by atomic mass is 10.2. The van der Waals surface area contributed by atoms with Gasteiger partial charge in [0, 0.05) is 11.6 Å². The molecule has 10 heteroatoms. The number of nitrogens with zero attached hydrogens (tertiary/aromatic N) is 3. The number of amides is 2. The number of hydrazone groups is 1. The van der Waals surface area contributed by atoms with Crippen LogP contribution < -0.4 is 19.6 Å². The summed E-state index contributed by atoms with van der Waals surface area (Å²) in [6, 6.07) is 14.8. The van der Waals surface area contributed by atoms with Crippen molar-refractivity contribution in [1.29, 1.82) is 0 Å². The Labute approximate surface area is 187 Å². The van der Waals surface area contributed by atoms with Crippen LogP contribution in [0.1, 0.15) is 5.56 Å². The van der Waals surface area contributed by atoms with Crippen molar-refractivity contribution in [3.63, 3.8) is 0 Å². The number of para-hydroxylation sites is 1. The Morgan fingerprint density at radius 3 is 3.00 bits per heavy atom. The second kappa shape index (κ2) is 8.75. The highest BCUT2D eigenvalue weighted by Crippen LogP contribution is 2.33. The molecule has 3 heterocycles. The molecule has 162 valence electrons. The molecule has 2 aromatic carbocycles. The van der Waals surface area contributed by atoms with Crippen LogP contribution in [0.15, 0.2) is 59.8 Å². The first-order valence-corrected chi connectivity index (χ1v) is 10.8. The van der Waals surface area contributed by atoms with E-state index in [-0.39, 0.29) is 25.1 Å². The Kier molecular flexibility index (Phi) is 5.51. The molecule has 0 bridgehead atoms. The molecule has 1 aromatic heterocycles. The summed E-state index contributed by atoms with van der Waals surface area (Å²) >= 11 is 1.27. The van der Waals surface area contributed by atoms with Crippen molar-refractivity contribution >= 4 is 39.6 Å². The number of benzene rings is 2. The van der Waals surface area contributed by atoms with Gasteiger partial charge in [0.1, 0.15) is 11.3 Å². The van der Waals surface area contributed by atoms with Gasteiger partial charge in [-0.2, -0.15) is 0 Å². The zero-order chi connectivity index (χ0) is 21.9. The van der Waals surface area contributed by atoms with Gasteiger partial charge in [-0.05, 0) is 29.8 Å². The van der Waals surface area contributed by atoms with Crippen LogP contribution in [-0.2, 0) is 16.1 Å². The molecule has 32 heavy (non-hydrogen) atoms. The molecule has 0 radical (unpaired) electrons. The van der Waals surface area contributed by atoms with Gasteiger partial charge in [-0.3, -0.25) is 19.5 Å². The maximum Gasteiger partial charge on any atom is 0.278 e. The largest absolute Gasteiger partial charge is 0.481 e. The van der Waals surface area contributed by atoms with E-state index in [0.29, 0.717) is 34.5 Å². The van der Waals surface area contributed by atoms with E-state index < -0.39 is 5.91 Å². The molecular weight excluding hydrogens is 432 g/mol. The number of carbonyl (C=O) groups is 2. The number of hydrogen-bond acceptors (Lipinski definition) is 8. The molecule has 3 aromatic rings. The van der Waals surface area contributed by atoms with Gasteiger partial charge < -0.3 is 14.2 Å². The summed E-state index contributed by atoms with van der Waals surface area (Å²) < 4.78 is 16.3. The van der Waals surface area contributed by atoms with E-state index in [2.05, 4.69) is 15.5 Å². The van der Waals surface area contributed by atoms with Crippen molar-refractivity contribution in [2.45, 2.75) is 6.54 Å². The average molecular weight is 450 g/mol. The number of amidine groups is 1. The summed E-state index contributed by atoms with van der Waals surface area (Å²) in [7, 11) is 0. The number of thioether (sulfide) groups is 1. The van der Waals surface area contributed by atoms with Crippen molar-refractivity contribution in [3.8, 4) is 17.2 Å². The number of rotatable bonds is 6. The second-order valence-electron chi connectivity index (χ2n) is 7.01. The lowest BCUT2D eigenvalue weighted by molar-refractivity contribution is -0.125. The molecule has 0 spiro atoms. The third-order valence-corrected chi connectivity index (χ3v) is 5.83. The third-order valence-electron chi connectivity index (χ3n) is 4.87. The van der Waals surface area contributed by atoms with Crippen LogP contribution >= 0.6 is 11.8 Å². The Bertz CT molecular complexity index is 1230. The van der Waals surface area contributed by atoms with E-state index in [9.17, 15) is 9.59 Å². The number of ether oxygens (including phenoxy) is 3. The van der Waals surface area contributed by atoms with Gasteiger partial charge in [-0.15, -0.1) is 5.10 Å². The van der Waals surface area contributed by atoms with Gasteiger partial charge in [0.25, 0.3) is 5.91 Å². The summed E-state index contributed by atoms with van der Waals surface area (Å²) in [5, 5.41) is 5.48. The van der Waals surface area contributed by atoms with E-state index in [1.54, 1.807) is 12.3 Å². The maximum absolute atomic E-state index is 12.3. The van der Waals surface area contributed by atoms with E-state index in [0.717, 1.165) is 10.9 Å². The lowest BCUT2D eigenvalue weighted by Gasteiger charge is -2.16. The van der Waals surface area contributed by atoms with Crippen LogP contribution in [0.3, 0.4) is 0 Å². The molecule has 2 aliphatic heterocycles. The van der Waals surface area contributed by atoms with Gasteiger partial charge in [0.2, 0.25) is 12.7 Å². The summed E-state index contributed by atoms with van der Waals surface area (Å²) in [5.74, 6) is 1.58. The van der Waals surface area contributed by atoms with Crippen LogP contribution in [0.2, 0.25) is 0 Å². The van der Waals surface area contributed by atoms with Gasteiger partial charge in [-0.25, -0.2) is 5.43 Å². The number of hydrogen-bond donors (Lipinski definition) is 1. The van der Waals surface area contributed by atoms with Crippen molar-refractivity contribution in [3.05, 3.63) is 60.3 Å². The summed E-state index contributed by atoms with van der Waals surface area (Å²) in [4.78, 5) is 30.4. The van der Waals surface area contributed by atoms with Crippen LogP contribution in [0.4, 0.5) is 0 Å².